The quantitative estimate of drug-likeness (QED) is 0.821. The highest BCUT2D eigenvalue weighted by Crippen LogP contribution is 2.24. The molecule has 1 aromatic carbocycles. The van der Waals surface area contributed by atoms with Crippen molar-refractivity contribution >= 4 is 15.7 Å². The van der Waals surface area contributed by atoms with Gasteiger partial charge in [-0.15, -0.1) is 0 Å². The van der Waals surface area contributed by atoms with Gasteiger partial charge in [-0.05, 0) is 37.1 Å². The molecule has 0 unspecified atom stereocenters. The molecule has 0 spiro atoms. The Morgan fingerprint density at radius 1 is 1.14 bits per heavy atom. The van der Waals surface area contributed by atoms with Crippen molar-refractivity contribution in [2.45, 2.75) is 25.5 Å². The molecule has 1 aromatic heterocycles. The van der Waals surface area contributed by atoms with E-state index in [9.17, 15) is 8.42 Å². The molecule has 1 aliphatic rings. The zero-order valence-corrected chi connectivity index (χ0v) is 13.0. The molecule has 118 valence electrons. The van der Waals surface area contributed by atoms with Crippen molar-refractivity contribution in [1.82, 2.24) is 0 Å². The van der Waals surface area contributed by atoms with Crippen LogP contribution >= 0.6 is 0 Å². The second-order valence-electron chi connectivity index (χ2n) is 5.34. The fourth-order valence-electron chi connectivity index (χ4n) is 2.59. The third-order valence-corrected chi connectivity index (χ3v) is 5.48. The Morgan fingerprint density at radius 2 is 1.95 bits per heavy atom. The van der Waals surface area contributed by atoms with Gasteiger partial charge >= 0.3 is 0 Å². The number of furan rings is 1. The molecule has 0 saturated carbocycles. The Labute approximate surface area is 130 Å². The summed E-state index contributed by atoms with van der Waals surface area (Å²) in [5.74, 6) is 0.613. The molecule has 1 atom stereocenters. The van der Waals surface area contributed by atoms with Gasteiger partial charge in [-0.3, -0.25) is 4.31 Å². The van der Waals surface area contributed by atoms with Gasteiger partial charge in [0.05, 0.1) is 30.4 Å². The highest BCUT2D eigenvalue weighted by molar-refractivity contribution is 7.92. The van der Waals surface area contributed by atoms with E-state index >= 15 is 0 Å². The van der Waals surface area contributed by atoms with E-state index < -0.39 is 10.0 Å². The average Bonchev–Trinajstić information content (AvgIpc) is 3.18. The van der Waals surface area contributed by atoms with Crippen LogP contribution in [-0.4, -0.2) is 26.9 Å². The third kappa shape index (κ3) is 3.51. The van der Waals surface area contributed by atoms with Crippen LogP contribution in [0.2, 0.25) is 0 Å². The normalized spacial score (nSPS) is 18.5. The Morgan fingerprint density at radius 3 is 2.59 bits per heavy atom. The molecular weight excluding hydrogens is 302 g/mol. The molecule has 1 aliphatic heterocycles. The van der Waals surface area contributed by atoms with Crippen molar-refractivity contribution in [3.8, 4) is 0 Å². The number of rotatable bonds is 6. The van der Waals surface area contributed by atoms with Crippen LogP contribution in [0.15, 0.2) is 53.1 Å². The lowest BCUT2D eigenvalue weighted by molar-refractivity contribution is 0.127. The first-order valence-corrected chi connectivity index (χ1v) is 8.95. The first-order valence-electron chi connectivity index (χ1n) is 7.34. The second kappa shape index (κ2) is 6.54. The van der Waals surface area contributed by atoms with E-state index in [4.69, 9.17) is 9.15 Å². The summed E-state index contributed by atoms with van der Waals surface area (Å²) < 4.78 is 37.8. The number of benzene rings is 1. The van der Waals surface area contributed by atoms with Crippen LogP contribution in [0.4, 0.5) is 5.69 Å². The van der Waals surface area contributed by atoms with Gasteiger partial charge in [-0.1, -0.05) is 18.2 Å². The van der Waals surface area contributed by atoms with Crippen LogP contribution in [0.3, 0.4) is 0 Å². The molecule has 0 aliphatic carbocycles. The van der Waals surface area contributed by atoms with E-state index in [0.29, 0.717) is 18.1 Å². The van der Waals surface area contributed by atoms with E-state index in [0.717, 1.165) is 12.8 Å². The smallest absolute Gasteiger partial charge is 0.238 e. The fraction of sp³-hybridized carbons (Fsp3) is 0.375. The minimum absolute atomic E-state index is 0.00258. The van der Waals surface area contributed by atoms with E-state index in [2.05, 4.69) is 0 Å². The number of anilines is 1. The maximum Gasteiger partial charge on any atom is 0.238 e. The summed E-state index contributed by atoms with van der Waals surface area (Å²) >= 11 is 0. The summed E-state index contributed by atoms with van der Waals surface area (Å²) in [7, 11) is -3.49. The Hall–Kier alpha value is -1.79. The van der Waals surface area contributed by atoms with E-state index in [1.165, 1.54) is 4.31 Å². The number of hydrogen-bond acceptors (Lipinski definition) is 4. The number of sulfonamides is 1. The van der Waals surface area contributed by atoms with Gasteiger partial charge in [0.1, 0.15) is 5.76 Å². The maximum absolute atomic E-state index is 12.8. The summed E-state index contributed by atoms with van der Waals surface area (Å²) in [6.45, 7) is 0.829. The van der Waals surface area contributed by atoms with E-state index in [1.807, 2.05) is 18.2 Å². The highest BCUT2D eigenvalue weighted by atomic mass is 32.2. The first kappa shape index (κ1) is 15.1. The predicted octanol–water partition coefficient (Wildman–Crippen LogP) is 2.80. The summed E-state index contributed by atoms with van der Waals surface area (Å²) in [6, 6.07) is 12.6. The lowest BCUT2D eigenvalue weighted by atomic mass is 10.3. The number of hydrogen-bond donors (Lipinski definition) is 0. The number of para-hydroxylation sites is 1. The molecular formula is C16H19NO4S. The van der Waals surface area contributed by atoms with E-state index in [-0.39, 0.29) is 18.4 Å². The van der Waals surface area contributed by atoms with Gasteiger partial charge in [0.15, 0.2) is 0 Å². The largest absolute Gasteiger partial charge is 0.467 e. The van der Waals surface area contributed by atoms with Crippen molar-refractivity contribution in [2.75, 3.05) is 16.7 Å². The van der Waals surface area contributed by atoms with Gasteiger partial charge in [0.2, 0.25) is 10.0 Å². The van der Waals surface area contributed by atoms with Gasteiger partial charge in [-0.2, -0.15) is 0 Å². The zero-order chi connectivity index (χ0) is 15.4. The molecule has 1 saturated heterocycles. The molecule has 22 heavy (non-hydrogen) atoms. The Kier molecular flexibility index (Phi) is 4.49. The fourth-order valence-corrected chi connectivity index (χ4v) is 4.27. The monoisotopic (exact) mass is 321 g/mol. The summed E-state index contributed by atoms with van der Waals surface area (Å²) in [5.41, 5.74) is 0.636. The van der Waals surface area contributed by atoms with E-state index in [1.54, 1.807) is 30.5 Å². The van der Waals surface area contributed by atoms with Gasteiger partial charge in [0, 0.05) is 6.61 Å². The van der Waals surface area contributed by atoms with Crippen LogP contribution in [0.5, 0.6) is 0 Å². The van der Waals surface area contributed by atoms with Gasteiger partial charge in [-0.25, -0.2) is 8.42 Å². The third-order valence-electron chi connectivity index (χ3n) is 3.68. The van der Waals surface area contributed by atoms with Crippen LogP contribution in [0.1, 0.15) is 18.6 Å². The molecule has 2 heterocycles. The standard InChI is InChI=1S/C16H19NO4S/c18-22(19,13-16-9-5-11-21-16)17(12-15-8-4-10-20-15)14-6-2-1-3-7-14/h1-4,6-8,10,16H,5,9,11-13H2/t16-/m1/s1. The first-order chi connectivity index (χ1) is 10.6. The van der Waals surface area contributed by atoms with Crippen molar-refractivity contribution in [3.63, 3.8) is 0 Å². The minimum Gasteiger partial charge on any atom is -0.467 e. The molecule has 0 bridgehead atoms. The SMILES string of the molecule is O=S(=O)(C[C@H]1CCCO1)N(Cc1ccco1)c1ccccc1. The zero-order valence-electron chi connectivity index (χ0n) is 12.2. The molecule has 0 N–H and O–H groups in total. The molecule has 3 rings (SSSR count). The predicted molar refractivity (Wildman–Crippen MR) is 84.1 cm³/mol. The second-order valence-corrected chi connectivity index (χ2v) is 7.27. The Bertz CT molecular complexity index is 676. The lowest BCUT2D eigenvalue weighted by Crippen LogP contribution is -2.36. The van der Waals surface area contributed by atoms with Crippen LogP contribution in [-0.2, 0) is 21.3 Å². The van der Waals surface area contributed by atoms with Crippen LogP contribution in [0, 0.1) is 0 Å². The van der Waals surface area contributed by atoms with Gasteiger partial charge < -0.3 is 9.15 Å². The maximum atomic E-state index is 12.8. The highest BCUT2D eigenvalue weighted by Gasteiger charge is 2.29. The van der Waals surface area contributed by atoms with Crippen molar-refractivity contribution in [3.05, 3.63) is 54.5 Å². The molecule has 6 heteroatoms. The van der Waals surface area contributed by atoms with Crippen molar-refractivity contribution in [2.24, 2.45) is 0 Å². The van der Waals surface area contributed by atoms with Crippen LogP contribution < -0.4 is 4.31 Å². The molecule has 5 nitrogen and oxygen atoms in total. The molecule has 2 aromatic rings. The number of nitrogens with zero attached hydrogens (tertiary/aromatic N) is 1. The van der Waals surface area contributed by atoms with Crippen LogP contribution in [0.25, 0.3) is 0 Å². The van der Waals surface area contributed by atoms with Crippen molar-refractivity contribution in [1.29, 1.82) is 0 Å². The lowest BCUT2D eigenvalue weighted by Gasteiger charge is -2.25. The van der Waals surface area contributed by atoms with Crippen molar-refractivity contribution < 1.29 is 17.6 Å². The molecule has 1 fully saturated rings. The summed E-state index contributed by atoms with van der Waals surface area (Å²) in [6.07, 6.45) is 3.05. The Balaban J connectivity index is 1.86. The topological polar surface area (TPSA) is 59.8 Å². The number of ether oxygens (including phenoxy) is 1. The molecule has 0 amide bonds. The summed E-state index contributed by atoms with van der Waals surface area (Å²) in [5, 5.41) is 0. The summed E-state index contributed by atoms with van der Waals surface area (Å²) in [4.78, 5) is 0. The van der Waals surface area contributed by atoms with Gasteiger partial charge in [0.25, 0.3) is 0 Å². The average molecular weight is 321 g/mol. The molecule has 0 radical (unpaired) electrons. The minimum atomic E-state index is -3.49.